The van der Waals surface area contributed by atoms with E-state index in [0.29, 0.717) is 6.04 Å². The second-order valence-corrected chi connectivity index (χ2v) is 6.80. The molecule has 0 bridgehead atoms. The smallest absolute Gasteiger partial charge is 0.0314 e. The first-order valence-corrected chi connectivity index (χ1v) is 8.81. The molecule has 2 nitrogen and oxygen atoms in total. The fourth-order valence-electron chi connectivity index (χ4n) is 2.21. The summed E-state index contributed by atoms with van der Waals surface area (Å²) in [6.45, 7) is 3.30. The number of aryl methyl sites for hydroxylation is 1. The predicted molar refractivity (Wildman–Crippen MR) is 90.4 cm³/mol. The lowest BCUT2D eigenvalue weighted by atomic mass is 10.0. The van der Waals surface area contributed by atoms with Crippen molar-refractivity contribution in [2.24, 2.45) is 0 Å². The van der Waals surface area contributed by atoms with E-state index in [1.54, 1.807) is 0 Å². The summed E-state index contributed by atoms with van der Waals surface area (Å²) in [4.78, 5) is 5.62. The van der Waals surface area contributed by atoms with Crippen molar-refractivity contribution in [1.82, 2.24) is 10.3 Å². The fraction of sp³-hybridized carbons (Fsp3) is 0.438. The molecule has 1 unspecified atom stereocenters. The molecule has 0 saturated heterocycles. The summed E-state index contributed by atoms with van der Waals surface area (Å²) >= 11 is 5.47. The Bertz CT molecular complexity index is 498. The molecule has 0 aliphatic carbocycles. The highest BCUT2D eigenvalue weighted by Gasteiger charge is 2.12. The fourth-order valence-corrected chi connectivity index (χ4v) is 3.80. The number of rotatable bonds is 8. The van der Waals surface area contributed by atoms with E-state index in [1.165, 1.54) is 21.3 Å². The third-order valence-electron chi connectivity index (χ3n) is 3.31. The zero-order chi connectivity index (χ0) is 14.2. The summed E-state index contributed by atoms with van der Waals surface area (Å²) < 4.78 is 1.24. The van der Waals surface area contributed by atoms with Crippen molar-refractivity contribution in [3.8, 4) is 0 Å². The van der Waals surface area contributed by atoms with Gasteiger partial charge in [-0.25, -0.2) is 0 Å². The molecule has 0 radical (unpaired) electrons. The SMILES string of the molecule is CCCNC(CCc1cccnc1)Cc1sccc1Br. The molecule has 0 saturated carbocycles. The summed E-state index contributed by atoms with van der Waals surface area (Å²) in [5.41, 5.74) is 1.32. The molecule has 0 fully saturated rings. The molecule has 2 aromatic heterocycles. The summed E-state index contributed by atoms with van der Waals surface area (Å²) in [7, 11) is 0. The molecule has 4 heteroatoms. The van der Waals surface area contributed by atoms with Crippen LogP contribution in [0.5, 0.6) is 0 Å². The zero-order valence-electron chi connectivity index (χ0n) is 11.8. The van der Waals surface area contributed by atoms with Gasteiger partial charge in [-0.2, -0.15) is 0 Å². The molecule has 0 aliphatic rings. The maximum Gasteiger partial charge on any atom is 0.0314 e. The van der Waals surface area contributed by atoms with Crippen molar-refractivity contribution >= 4 is 27.3 Å². The van der Waals surface area contributed by atoms with E-state index in [-0.39, 0.29) is 0 Å². The van der Waals surface area contributed by atoms with Crippen molar-refractivity contribution in [2.45, 2.75) is 38.6 Å². The number of hydrogen-bond acceptors (Lipinski definition) is 3. The molecule has 2 rings (SSSR count). The number of halogens is 1. The Morgan fingerprint density at radius 2 is 2.30 bits per heavy atom. The van der Waals surface area contributed by atoms with Crippen molar-refractivity contribution in [3.63, 3.8) is 0 Å². The third kappa shape index (κ3) is 5.00. The highest BCUT2D eigenvalue weighted by atomic mass is 79.9. The minimum absolute atomic E-state index is 0.533. The zero-order valence-corrected chi connectivity index (χ0v) is 14.2. The van der Waals surface area contributed by atoms with E-state index in [0.717, 1.165) is 25.8 Å². The van der Waals surface area contributed by atoms with Gasteiger partial charge in [0.15, 0.2) is 0 Å². The van der Waals surface area contributed by atoms with Crippen LogP contribution in [0.1, 0.15) is 30.2 Å². The third-order valence-corrected chi connectivity index (χ3v) is 5.26. The molecule has 20 heavy (non-hydrogen) atoms. The Morgan fingerprint density at radius 3 is 2.95 bits per heavy atom. The van der Waals surface area contributed by atoms with Crippen molar-refractivity contribution in [2.75, 3.05) is 6.54 Å². The number of nitrogens with zero attached hydrogens (tertiary/aromatic N) is 1. The van der Waals surface area contributed by atoms with E-state index >= 15 is 0 Å². The van der Waals surface area contributed by atoms with Gasteiger partial charge in [0.25, 0.3) is 0 Å². The van der Waals surface area contributed by atoms with Crippen LogP contribution >= 0.6 is 27.3 Å². The maximum atomic E-state index is 4.19. The summed E-state index contributed by atoms with van der Waals surface area (Å²) in [5, 5.41) is 5.82. The van der Waals surface area contributed by atoms with Crippen LogP contribution in [0.15, 0.2) is 40.4 Å². The molecule has 2 heterocycles. The molecule has 0 spiro atoms. The van der Waals surface area contributed by atoms with Crippen molar-refractivity contribution < 1.29 is 0 Å². The van der Waals surface area contributed by atoms with Crippen LogP contribution in [0.4, 0.5) is 0 Å². The average molecular weight is 353 g/mol. The molecule has 1 N–H and O–H groups in total. The molecular formula is C16H21BrN2S. The second-order valence-electron chi connectivity index (χ2n) is 4.95. The Kier molecular flexibility index (Phi) is 6.70. The van der Waals surface area contributed by atoms with Crippen LogP contribution in [-0.2, 0) is 12.8 Å². The molecule has 0 amide bonds. The first kappa shape index (κ1) is 15.7. The van der Waals surface area contributed by atoms with Gasteiger partial charge in [-0.1, -0.05) is 13.0 Å². The molecular weight excluding hydrogens is 332 g/mol. The lowest BCUT2D eigenvalue weighted by Crippen LogP contribution is -2.32. The lowest BCUT2D eigenvalue weighted by molar-refractivity contribution is 0.479. The number of nitrogens with one attached hydrogen (secondary N) is 1. The van der Waals surface area contributed by atoms with Gasteiger partial charge < -0.3 is 5.32 Å². The van der Waals surface area contributed by atoms with Gasteiger partial charge in [-0.3, -0.25) is 4.98 Å². The van der Waals surface area contributed by atoms with Gasteiger partial charge >= 0.3 is 0 Å². The number of hydrogen-bond donors (Lipinski definition) is 1. The first-order valence-electron chi connectivity index (χ1n) is 7.13. The predicted octanol–water partition coefficient (Wildman–Crippen LogP) is 4.45. The highest BCUT2D eigenvalue weighted by molar-refractivity contribution is 9.10. The summed E-state index contributed by atoms with van der Waals surface area (Å²) in [6.07, 6.45) is 8.30. The van der Waals surface area contributed by atoms with Crippen LogP contribution in [0.2, 0.25) is 0 Å². The van der Waals surface area contributed by atoms with Crippen LogP contribution in [-0.4, -0.2) is 17.6 Å². The Labute approximate surface area is 133 Å². The Hall–Kier alpha value is -0.710. The van der Waals surface area contributed by atoms with Gasteiger partial charge in [-0.05, 0) is 71.2 Å². The molecule has 108 valence electrons. The normalized spacial score (nSPS) is 12.5. The van der Waals surface area contributed by atoms with E-state index in [9.17, 15) is 0 Å². The van der Waals surface area contributed by atoms with E-state index in [1.807, 2.05) is 29.8 Å². The highest BCUT2D eigenvalue weighted by Crippen LogP contribution is 2.24. The van der Waals surface area contributed by atoms with Gasteiger partial charge in [0.05, 0.1) is 0 Å². The molecule has 0 aromatic carbocycles. The van der Waals surface area contributed by atoms with Crippen molar-refractivity contribution in [3.05, 3.63) is 50.9 Å². The second kappa shape index (κ2) is 8.55. The van der Waals surface area contributed by atoms with Gasteiger partial charge in [0.1, 0.15) is 0 Å². The quantitative estimate of drug-likeness (QED) is 0.758. The van der Waals surface area contributed by atoms with Crippen LogP contribution in [0.25, 0.3) is 0 Å². The standard InChI is InChI=1S/C16H21BrN2S/c1-2-8-19-14(11-16-15(17)7-10-20-16)6-5-13-4-3-9-18-12-13/h3-4,7,9-10,12,14,19H,2,5-6,8,11H2,1H3. The number of pyridine rings is 1. The van der Waals surface area contributed by atoms with E-state index in [2.05, 4.69) is 50.7 Å². The minimum Gasteiger partial charge on any atom is -0.314 e. The largest absolute Gasteiger partial charge is 0.314 e. The van der Waals surface area contributed by atoms with Gasteiger partial charge in [0.2, 0.25) is 0 Å². The molecule has 0 aliphatic heterocycles. The monoisotopic (exact) mass is 352 g/mol. The first-order chi connectivity index (χ1) is 9.79. The summed E-state index contributed by atoms with van der Waals surface area (Å²) in [6, 6.07) is 6.84. The maximum absolute atomic E-state index is 4.19. The van der Waals surface area contributed by atoms with E-state index < -0.39 is 0 Å². The topological polar surface area (TPSA) is 24.9 Å². The van der Waals surface area contributed by atoms with Gasteiger partial charge in [0, 0.05) is 27.8 Å². The van der Waals surface area contributed by atoms with Crippen LogP contribution < -0.4 is 5.32 Å². The van der Waals surface area contributed by atoms with Crippen LogP contribution in [0.3, 0.4) is 0 Å². The molecule has 1 atom stereocenters. The summed E-state index contributed by atoms with van der Waals surface area (Å²) in [5.74, 6) is 0. The molecule has 2 aromatic rings. The Morgan fingerprint density at radius 1 is 1.40 bits per heavy atom. The number of aromatic nitrogens is 1. The lowest BCUT2D eigenvalue weighted by Gasteiger charge is -2.18. The minimum atomic E-state index is 0.533. The van der Waals surface area contributed by atoms with E-state index in [4.69, 9.17) is 0 Å². The van der Waals surface area contributed by atoms with Crippen LogP contribution in [0, 0.1) is 0 Å². The average Bonchev–Trinajstić information content (AvgIpc) is 2.88. The van der Waals surface area contributed by atoms with Crippen molar-refractivity contribution in [1.29, 1.82) is 0 Å². The Balaban J connectivity index is 1.91. The number of thiophene rings is 1. The van der Waals surface area contributed by atoms with Gasteiger partial charge in [-0.15, -0.1) is 11.3 Å².